The Balaban J connectivity index is 1.60. The summed E-state index contributed by atoms with van der Waals surface area (Å²) in [7, 11) is 0. The maximum absolute atomic E-state index is 15.4. The van der Waals surface area contributed by atoms with Gasteiger partial charge in [0.2, 0.25) is 5.91 Å². The van der Waals surface area contributed by atoms with Crippen molar-refractivity contribution in [3.8, 4) is 0 Å². The number of halogens is 4. The lowest BCUT2D eigenvalue weighted by molar-refractivity contribution is -0.136. The van der Waals surface area contributed by atoms with E-state index in [2.05, 4.69) is 10.6 Å². The normalized spacial score (nSPS) is 25.3. The molecule has 1 aromatic carbocycles. The van der Waals surface area contributed by atoms with E-state index in [0.29, 0.717) is 19.3 Å². The SMILES string of the molecule is CCCC(C)(CCNC(=O)[C@H]1C[C@]2(COC(=O)N2)C1)C(F)(F)c1ccc(F)cc1Cl. The number of carbonyl (C=O) groups excluding carboxylic acids is 2. The highest BCUT2D eigenvalue weighted by Crippen LogP contribution is 2.51. The van der Waals surface area contributed by atoms with Gasteiger partial charge in [-0.1, -0.05) is 31.9 Å². The number of amides is 2. The summed E-state index contributed by atoms with van der Waals surface area (Å²) >= 11 is 5.91. The molecule has 2 amide bonds. The predicted molar refractivity (Wildman–Crippen MR) is 106 cm³/mol. The minimum absolute atomic E-state index is 0.0327. The first-order chi connectivity index (χ1) is 14.0. The molecule has 1 saturated heterocycles. The second-order valence-corrected chi connectivity index (χ2v) is 9.04. The number of rotatable bonds is 8. The predicted octanol–water partition coefficient (Wildman–Crippen LogP) is 4.77. The molecule has 30 heavy (non-hydrogen) atoms. The van der Waals surface area contributed by atoms with Crippen LogP contribution in [0.3, 0.4) is 0 Å². The lowest BCUT2D eigenvalue weighted by Gasteiger charge is -2.42. The number of carbonyl (C=O) groups is 2. The number of alkyl carbamates (subject to hydrolysis) is 1. The first-order valence-corrected chi connectivity index (χ1v) is 10.5. The number of nitrogens with one attached hydrogen (secondary N) is 2. The van der Waals surface area contributed by atoms with Gasteiger partial charge in [0.25, 0.3) is 5.92 Å². The van der Waals surface area contributed by atoms with Crippen molar-refractivity contribution >= 4 is 23.6 Å². The molecule has 0 aromatic heterocycles. The standard InChI is InChI=1S/C21H26ClF3N2O3/c1-3-6-19(2,21(24,25)15-5-4-14(23)9-16(15)22)7-8-26-17(28)13-10-20(11-13)12-30-18(29)27-20/h4-5,9,13H,3,6-8,10-12H2,1-2H3,(H,26,28)(H,27,29)/t13-,19?,20+. The first kappa shape index (κ1) is 22.7. The van der Waals surface area contributed by atoms with Crippen LogP contribution in [0, 0.1) is 17.2 Å². The first-order valence-electron chi connectivity index (χ1n) is 10.1. The molecule has 2 N–H and O–H groups in total. The van der Waals surface area contributed by atoms with Gasteiger partial charge in [-0.2, -0.15) is 0 Å². The Kier molecular flexibility index (Phi) is 6.28. The molecule has 2 fully saturated rings. The van der Waals surface area contributed by atoms with Crippen LogP contribution >= 0.6 is 11.6 Å². The van der Waals surface area contributed by atoms with Crippen molar-refractivity contribution in [2.45, 2.75) is 57.4 Å². The van der Waals surface area contributed by atoms with Crippen molar-refractivity contribution in [1.82, 2.24) is 10.6 Å². The molecular formula is C21H26ClF3N2O3. The average molecular weight is 447 g/mol. The Hall–Kier alpha value is -1.96. The summed E-state index contributed by atoms with van der Waals surface area (Å²) in [5.74, 6) is -4.48. The molecule has 1 unspecified atom stereocenters. The van der Waals surface area contributed by atoms with Crippen LogP contribution in [0.15, 0.2) is 18.2 Å². The molecule has 0 radical (unpaired) electrons. The van der Waals surface area contributed by atoms with Crippen LogP contribution in [-0.2, 0) is 15.5 Å². The second-order valence-electron chi connectivity index (χ2n) is 8.64. The molecule has 2 aliphatic rings. The highest BCUT2D eigenvalue weighted by Gasteiger charge is 2.53. The minimum atomic E-state index is -3.30. The summed E-state index contributed by atoms with van der Waals surface area (Å²) in [4.78, 5) is 23.6. The molecule has 1 atom stereocenters. The van der Waals surface area contributed by atoms with Crippen LogP contribution in [0.1, 0.15) is 51.5 Å². The molecule has 0 bridgehead atoms. The van der Waals surface area contributed by atoms with Gasteiger partial charge in [0.05, 0.1) is 10.6 Å². The average Bonchev–Trinajstić information content (AvgIpc) is 3.02. The summed E-state index contributed by atoms with van der Waals surface area (Å²) in [6.45, 7) is 3.60. The van der Waals surface area contributed by atoms with Gasteiger partial charge in [0, 0.05) is 23.4 Å². The Labute approximate surface area is 178 Å². The fourth-order valence-corrected chi connectivity index (χ4v) is 4.73. The van der Waals surface area contributed by atoms with Crippen molar-refractivity contribution < 1.29 is 27.5 Å². The Morgan fingerprint density at radius 1 is 1.37 bits per heavy atom. The molecule has 1 aromatic rings. The summed E-state index contributed by atoms with van der Waals surface area (Å²) in [6, 6.07) is 2.88. The number of hydrogen-bond acceptors (Lipinski definition) is 3. The number of benzene rings is 1. The van der Waals surface area contributed by atoms with Gasteiger partial charge in [-0.05, 0) is 43.9 Å². The van der Waals surface area contributed by atoms with Gasteiger partial charge in [0.1, 0.15) is 12.4 Å². The van der Waals surface area contributed by atoms with Crippen molar-refractivity contribution in [2.75, 3.05) is 13.2 Å². The van der Waals surface area contributed by atoms with E-state index in [-0.39, 0.29) is 42.8 Å². The zero-order valence-electron chi connectivity index (χ0n) is 17.0. The number of ether oxygens (including phenoxy) is 1. The third kappa shape index (κ3) is 4.24. The van der Waals surface area contributed by atoms with Gasteiger partial charge in [0.15, 0.2) is 0 Å². The van der Waals surface area contributed by atoms with Crippen LogP contribution in [0.4, 0.5) is 18.0 Å². The van der Waals surface area contributed by atoms with Gasteiger partial charge < -0.3 is 15.4 Å². The van der Waals surface area contributed by atoms with Gasteiger partial charge in [-0.25, -0.2) is 18.0 Å². The molecule has 1 aliphatic heterocycles. The van der Waals surface area contributed by atoms with E-state index in [0.717, 1.165) is 18.2 Å². The highest BCUT2D eigenvalue weighted by molar-refractivity contribution is 6.31. The van der Waals surface area contributed by atoms with Gasteiger partial charge in [-0.3, -0.25) is 4.79 Å². The molecular weight excluding hydrogens is 421 g/mol. The Morgan fingerprint density at radius 3 is 2.63 bits per heavy atom. The smallest absolute Gasteiger partial charge is 0.407 e. The monoisotopic (exact) mass is 446 g/mol. The summed E-state index contributed by atoms with van der Waals surface area (Å²) in [6.07, 6.45) is 1.22. The maximum atomic E-state index is 15.4. The summed E-state index contributed by atoms with van der Waals surface area (Å²) < 4.78 is 49.0. The van der Waals surface area contributed by atoms with E-state index >= 15 is 8.78 Å². The van der Waals surface area contributed by atoms with Gasteiger partial charge in [-0.15, -0.1) is 0 Å². The maximum Gasteiger partial charge on any atom is 0.407 e. The van der Waals surface area contributed by atoms with E-state index in [1.54, 1.807) is 0 Å². The molecule has 9 heteroatoms. The fraction of sp³-hybridized carbons (Fsp3) is 0.619. The lowest BCUT2D eigenvalue weighted by Crippen LogP contribution is -2.58. The molecule has 1 aliphatic carbocycles. The minimum Gasteiger partial charge on any atom is -0.447 e. The molecule has 5 nitrogen and oxygen atoms in total. The Bertz CT molecular complexity index is 830. The second kappa shape index (κ2) is 8.29. The van der Waals surface area contributed by atoms with Crippen molar-refractivity contribution in [3.05, 3.63) is 34.6 Å². The van der Waals surface area contributed by atoms with E-state index in [1.807, 2.05) is 6.92 Å². The third-order valence-electron chi connectivity index (χ3n) is 6.30. The molecule has 3 rings (SSSR count). The molecule has 1 heterocycles. The summed E-state index contributed by atoms with van der Waals surface area (Å²) in [5.41, 5.74) is -2.35. The van der Waals surface area contributed by atoms with E-state index < -0.39 is 34.4 Å². The van der Waals surface area contributed by atoms with Crippen LogP contribution in [-0.4, -0.2) is 30.7 Å². The number of alkyl halides is 2. The van der Waals surface area contributed by atoms with Crippen molar-refractivity contribution in [3.63, 3.8) is 0 Å². The van der Waals surface area contributed by atoms with Crippen molar-refractivity contribution in [1.29, 1.82) is 0 Å². The third-order valence-corrected chi connectivity index (χ3v) is 6.61. The van der Waals surface area contributed by atoms with Crippen LogP contribution in [0.25, 0.3) is 0 Å². The quantitative estimate of drug-likeness (QED) is 0.604. The highest BCUT2D eigenvalue weighted by atomic mass is 35.5. The zero-order valence-corrected chi connectivity index (χ0v) is 17.8. The number of hydrogen-bond donors (Lipinski definition) is 2. The van der Waals surface area contributed by atoms with Gasteiger partial charge >= 0.3 is 6.09 Å². The Morgan fingerprint density at radius 2 is 2.07 bits per heavy atom. The molecule has 166 valence electrons. The molecule has 1 saturated carbocycles. The zero-order chi connectivity index (χ0) is 22.2. The van der Waals surface area contributed by atoms with Crippen LogP contribution in [0.5, 0.6) is 0 Å². The molecule has 1 spiro atoms. The summed E-state index contributed by atoms with van der Waals surface area (Å²) in [5, 5.41) is 5.15. The largest absolute Gasteiger partial charge is 0.447 e. The van der Waals surface area contributed by atoms with Crippen LogP contribution < -0.4 is 10.6 Å². The van der Waals surface area contributed by atoms with Crippen molar-refractivity contribution in [2.24, 2.45) is 11.3 Å². The van der Waals surface area contributed by atoms with E-state index in [1.165, 1.54) is 6.92 Å². The topological polar surface area (TPSA) is 67.4 Å². The fourth-order valence-electron chi connectivity index (χ4n) is 4.45. The van der Waals surface area contributed by atoms with Crippen LogP contribution in [0.2, 0.25) is 5.02 Å². The lowest BCUT2D eigenvalue weighted by atomic mass is 9.68. The van der Waals surface area contributed by atoms with E-state index in [9.17, 15) is 14.0 Å². The van der Waals surface area contributed by atoms with E-state index in [4.69, 9.17) is 16.3 Å². The number of cyclic esters (lactones) is 1.